The Balaban J connectivity index is 2.21. The van der Waals surface area contributed by atoms with Crippen molar-refractivity contribution in [1.82, 2.24) is 0 Å². The summed E-state index contributed by atoms with van der Waals surface area (Å²) in [7, 11) is 1.53. The van der Waals surface area contributed by atoms with Gasteiger partial charge in [0.1, 0.15) is 17.4 Å². The molecule has 1 amide bonds. The van der Waals surface area contributed by atoms with Crippen molar-refractivity contribution in [3.05, 3.63) is 52.2 Å². The van der Waals surface area contributed by atoms with E-state index in [0.717, 1.165) is 5.56 Å². The number of nitrogens with zero attached hydrogens (tertiary/aromatic N) is 1. The molecule has 0 aliphatic heterocycles. The number of methoxy groups -OCH3 is 1. The summed E-state index contributed by atoms with van der Waals surface area (Å²) < 4.78 is 5.15. The highest BCUT2D eigenvalue weighted by Gasteiger charge is 2.11. The minimum absolute atomic E-state index is 0.0503. The second-order valence-electron chi connectivity index (χ2n) is 3.88. The van der Waals surface area contributed by atoms with Gasteiger partial charge in [0.05, 0.1) is 12.8 Å². The smallest absolute Gasteiger partial charge is 0.266 e. The molecule has 0 aliphatic carbocycles. The molecule has 0 saturated carbocycles. The molecule has 100 valence electrons. The first-order valence-electron chi connectivity index (χ1n) is 5.83. The summed E-state index contributed by atoms with van der Waals surface area (Å²) in [6.07, 6.45) is 1.56. The minimum Gasteiger partial charge on any atom is -0.495 e. The topological polar surface area (TPSA) is 62.1 Å². The fraction of sp³-hybridized carbons (Fsp3) is 0.0667. The van der Waals surface area contributed by atoms with Gasteiger partial charge in [-0.25, -0.2) is 0 Å². The molecule has 0 spiro atoms. The van der Waals surface area contributed by atoms with Crippen LogP contribution >= 0.6 is 11.3 Å². The van der Waals surface area contributed by atoms with Crippen LogP contribution in [0.3, 0.4) is 0 Å². The number of nitriles is 1. The average molecular weight is 284 g/mol. The fourth-order valence-corrected chi connectivity index (χ4v) is 2.23. The van der Waals surface area contributed by atoms with Crippen molar-refractivity contribution >= 4 is 29.0 Å². The Kier molecular flexibility index (Phi) is 4.53. The molecule has 0 saturated heterocycles. The second-order valence-corrected chi connectivity index (χ2v) is 4.66. The number of hydrogen-bond acceptors (Lipinski definition) is 4. The maximum atomic E-state index is 12.1. The first-order chi connectivity index (χ1) is 9.74. The van der Waals surface area contributed by atoms with Gasteiger partial charge in [0.25, 0.3) is 5.91 Å². The number of benzene rings is 1. The third kappa shape index (κ3) is 3.25. The van der Waals surface area contributed by atoms with Crippen LogP contribution in [0.2, 0.25) is 0 Å². The molecule has 0 atom stereocenters. The number of thiophene rings is 1. The SMILES string of the molecule is COc1ccccc1NC(=O)/C(C#N)=C/c1ccsc1. The summed E-state index contributed by atoms with van der Waals surface area (Å²) in [5, 5.41) is 15.5. The summed E-state index contributed by atoms with van der Waals surface area (Å²) in [5.41, 5.74) is 1.42. The van der Waals surface area contributed by atoms with Crippen LogP contribution < -0.4 is 10.1 Å². The fourth-order valence-electron chi connectivity index (χ4n) is 1.61. The Labute approximate surface area is 120 Å². The number of rotatable bonds is 4. The zero-order valence-corrected chi connectivity index (χ0v) is 11.6. The van der Waals surface area contributed by atoms with Crippen LogP contribution in [-0.2, 0) is 4.79 Å². The van der Waals surface area contributed by atoms with Crippen molar-refractivity contribution in [2.24, 2.45) is 0 Å². The van der Waals surface area contributed by atoms with Crippen LogP contribution in [0.15, 0.2) is 46.7 Å². The molecule has 0 radical (unpaired) electrons. The van der Waals surface area contributed by atoms with Crippen LogP contribution in [0.5, 0.6) is 5.75 Å². The molecular weight excluding hydrogens is 272 g/mol. The molecule has 0 unspecified atom stereocenters. The van der Waals surface area contributed by atoms with E-state index in [4.69, 9.17) is 10.00 Å². The standard InChI is InChI=1S/C15H12N2O2S/c1-19-14-5-3-2-4-13(14)17-15(18)12(9-16)8-11-6-7-20-10-11/h2-8,10H,1H3,(H,17,18)/b12-8+. The van der Waals surface area contributed by atoms with E-state index in [1.54, 1.807) is 30.3 Å². The van der Waals surface area contributed by atoms with Gasteiger partial charge in [-0.05, 0) is 40.6 Å². The van der Waals surface area contributed by atoms with Crippen molar-refractivity contribution in [1.29, 1.82) is 5.26 Å². The number of nitrogens with one attached hydrogen (secondary N) is 1. The van der Waals surface area contributed by atoms with E-state index in [0.29, 0.717) is 11.4 Å². The van der Waals surface area contributed by atoms with Crippen molar-refractivity contribution in [3.8, 4) is 11.8 Å². The molecular formula is C15H12N2O2S. The van der Waals surface area contributed by atoms with Gasteiger partial charge >= 0.3 is 0 Å². The lowest BCUT2D eigenvalue weighted by molar-refractivity contribution is -0.112. The molecule has 1 heterocycles. The Morgan fingerprint density at radius 3 is 2.85 bits per heavy atom. The lowest BCUT2D eigenvalue weighted by Crippen LogP contribution is -2.14. The van der Waals surface area contributed by atoms with Gasteiger partial charge in [0, 0.05) is 0 Å². The van der Waals surface area contributed by atoms with E-state index in [1.165, 1.54) is 18.4 Å². The number of carbonyl (C=O) groups is 1. The second kappa shape index (κ2) is 6.55. The van der Waals surface area contributed by atoms with E-state index < -0.39 is 5.91 Å². The van der Waals surface area contributed by atoms with Gasteiger partial charge in [-0.2, -0.15) is 16.6 Å². The van der Waals surface area contributed by atoms with Gasteiger partial charge in [0.15, 0.2) is 0 Å². The number of amides is 1. The first-order valence-corrected chi connectivity index (χ1v) is 6.77. The number of ether oxygens (including phenoxy) is 1. The monoisotopic (exact) mass is 284 g/mol. The van der Waals surface area contributed by atoms with Gasteiger partial charge in [-0.15, -0.1) is 0 Å². The molecule has 2 aromatic rings. The van der Waals surface area contributed by atoms with Gasteiger partial charge in [0.2, 0.25) is 0 Å². The zero-order chi connectivity index (χ0) is 14.4. The molecule has 20 heavy (non-hydrogen) atoms. The highest BCUT2D eigenvalue weighted by atomic mass is 32.1. The maximum Gasteiger partial charge on any atom is 0.266 e. The Morgan fingerprint density at radius 1 is 1.40 bits per heavy atom. The van der Waals surface area contributed by atoms with Crippen molar-refractivity contribution in [2.45, 2.75) is 0 Å². The Bertz CT molecular complexity index is 669. The van der Waals surface area contributed by atoms with Crippen LogP contribution in [0.25, 0.3) is 6.08 Å². The molecule has 0 fully saturated rings. The van der Waals surface area contributed by atoms with E-state index in [1.807, 2.05) is 22.9 Å². The summed E-state index contributed by atoms with van der Waals surface area (Å²) in [6, 6.07) is 10.8. The highest BCUT2D eigenvalue weighted by Crippen LogP contribution is 2.23. The predicted molar refractivity (Wildman–Crippen MR) is 79.5 cm³/mol. The summed E-state index contributed by atoms with van der Waals surface area (Å²) in [5.74, 6) is 0.0943. The number of hydrogen-bond donors (Lipinski definition) is 1. The molecule has 1 N–H and O–H groups in total. The molecule has 1 aromatic carbocycles. The van der Waals surface area contributed by atoms with Crippen LogP contribution in [0.4, 0.5) is 5.69 Å². The van der Waals surface area contributed by atoms with Gasteiger partial charge in [-0.1, -0.05) is 12.1 Å². The van der Waals surface area contributed by atoms with E-state index >= 15 is 0 Å². The Morgan fingerprint density at radius 2 is 2.20 bits per heavy atom. The quantitative estimate of drug-likeness (QED) is 0.692. The normalized spacial score (nSPS) is 10.7. The lowest BCUT2D eigenvalue weighted by Gasteiger charge is -2.08. The number of anilines is 1. The third-order valence-electron chi connectivity index (χ3n) is 2.57. The summed E-state index contributed by atoms with van der Waals surface area (Å²) in [6.45, 7) is 0. The summed E-state index contributed by atoms with van der Waals surface area (Å²) in [4.78, 5) is 12.1. The van der Waals surface area contributed by atoms with Crippen molar-refractivity contribution in [2.75, 3.05) is 12.4 Å². The van der Waals surface area contributed by atoms with Crippen molar-refractivity contribution < 1.29 is 9.53 Å². The van der Waals surface area contributed by atoms with Gasteiger partial charge < -0.3 is 10.1 Å². The molecule has 5 heteroatoms. The zero-order valence-electron chi connectivity index (χ0n) is 10.8. The Hall–Kier alpha value is -2.58. The molecule has 1 aromatic heterocycles. The van der Waals surface area contributed by atoms with Crippen molar-refractivity contribution in [3.63, 3.8) is 0 Å². The average Bonchev–Trinajstić information content (AvgIpc) is 2.98. The molecule has 4 nitrogen and oxygen atoms in total. The molecule has 0 aliphatic rings. The van der Waals surface area contributed by atoms with Crippen LogP contribution in [0, 0.1) is 11.3 Å². The van der Waals surface area contributed by atoms with Gasteiger partial charge in [-0.3, -0.25) is 4.79 Å². The van der Waals surface area contributed by atoms with E-state index in [2.05, 4.69) is 5.32 Å². The minimum atomic E-state index is -0.455. The van der Waals surface area contributed by atoms with Crippen LogP contribution in [0.1, 0.15) is 5.56 Å². The maximum absolute atomic E-state index is 12.1. The van der Waals surface area contributed by atoms with E-state index in [-0.39, 0.29) is 5.57 Å². The first kappa shape index (κ1) is 13.8. The summed E-state index contributed by atoms with van der Waals surface area (Å²) >= 11 is 1.51. The number of carbonyl (C=O) groups excluding carboxylic acids is 1. The largest absolute Gasteiger partial charge is 0.495 e. The molecule has 0 bridgehead atoms. The molecule has 2 rings (SSSR count). The lowest BCUT2D eigenvalue weighted by atomic mass is 10.2. The predicted octanol–water partition coefficient (Wildman–Crippen LogP) is 3.30. The number of para-hydroxylation sites is 2. The third-order valence-corrected chi connectivity index (χ3v) is 3.28. The highest BCUT2D eigenvalue weighted by molar-refractivity contribution is 7.08. The van der Waals surface area contributed by atoms with E-state index in [9.17, 15) is 4.79 Å². The van der Waals surface area contributed by atoms with Crippen LogP contribution in [-0.4, -0.2) is 13.0 Å².